The average molecular weight is 457 g/mol. The van der Waals surface area contributed by atoms with Crippen molar-refractivity contribution in [2.24, 2.45) is 0 Å². The van der Waals surface area contributed by atoms with Gasteiger partial charge in [0.1, 0.15) is 11.6 Å². The number of urea groups is 1. The summed E-state index contributed by atoms with van der Waals surface area (Å²) in [6.07, 6.45) is 0. The van der Waals surface area contributed by atoms with Crippen LogP contribution in [-0.4, -0.2) is 41.5 Å². The third-order valence-electron chi connectivity index (χ3n) is 5.73. The number of benzene rings is 3. The van der Waals surface area contributed by atoms with Gasteiger partial charge in [0.05, 0.1) is 10.2 Å². The normalized spacial score (nSPS) is 13.7. The average Bonchev–Trinajstić information content (AvgIpc) is 3.38. The molecule has 1 aromatic heterocycles. The molecule has 1 aliphatic heterocycles. The Kier molecular flexibility index (Phi) is 5.56. The lowest BCUT2D eigenvalue weighted by Crippen LogP contribution is -2.37. The number of rotatable bonds is 5. The van der Waals surface area contributed by atoms with Crippen LogP contribution in [0.4, 0.5) is 16.2 Å². The van der Waals surface area contributed by atoms with Gasteiger partial charge in [0.2, 0.25) is 5.91 Å². The smallest absolute Gasteiger partial charge is 0.325 e. The highest BCUT2D eigenvalue weighted by Crippen LogP contribution is 2.31. The van der Waals surface area contributed by atoms with E-state index in [9.17, 15) is 9.59 Å². The number of nitrogens with one attached hydrogen (secondary N) is 1. The summed E-state index contributed by atoms with van der Waals surface area (Å²) in [5.41, 5.74) is 5.92. The maximum atomic E-state index is 12.7. The zero-order chi connectivity index (χ0) is 22.9. The van der Waals surface area contributed by atoms with Crippen LogP contribution in [0, 0.1) is 13.8 Å². The molecular weight excluding hydrogens is 432 g/mol. The molecule has 1 aliphatic rings. The highest BCUT2D eigenvalue weighted by Gasteiger charge is 2.30. The van der Waals surface area contributed by atoms with E-state index in [1.54, 1.807) is 21.1 Å². The molecular formula is C26H24N4O2S. The van der Waals surface area contributed by atoms with Crippen molar-refractivity contribution in [3.63, 3.8) is 0 Å². The third-order valence-corrected chi connectivity index (χ3v) is 6.80. The van der Waals surface area contributed by atoms with E-state index < -0.39 is 0 Å². The number of hydrogen-bond donors (Lipinski definition) is 1. The molecule has 0 spiro atoms. The van der Waals surface area contributed by atoms with E-state index in [2.05, 4.69) is 24.4 Å². The van der Waals surface area contributed by atoms with Crippen molar-refractivity contribution in [2.45, 2.75) is 13.8 Å². The van der Waals surface area contributed by atoms with E-state index in [-0.39, 0.29) is 18.5 Å². The zero-order valence-electron chi connectivity index (χ0n) is 18.5. The second kappa shape index (κ2) is 8.67. The quantitative estimate of drug-likeness (QED) is 0.434. The molecule has 0 unspecified atom stereocenters. The van der Waals surface area contributed by atoms with Crippen LogP contribution >= 0.6 is 11.3 Å². The fraction of sp³-hybridized carbons (Fsp3) is 0.192. The van der Waals surface area contributed by atoms with Crippen LogP contribution in [0.25, 0.3) is 20.8 Å². The van der Waals surface area contributed by atoms with Crippen molar-refractivity contribution in [3.8, 4) is 10.6 Å². The van der Waals surface area contributed by atoms with E-state index in [1.165, 1.54) is 5.56 Å². The minimum Gasteiger partial charge on any atom is -0.325 e. The number of amides is 3. The molecule has 3 amide bonds. The van der Waals surface area contributed by atoms with Crippen LogP contribution in [0.1, 0.15) is 11.1 Å². The molecule has 0 atom stereocenters. The molecule has 2 heterocycles. The Morgan fingerprint density at radius 2 is 1.70 bits per heavy atom. The molecule has 1 N–H and O–H groups in total. The lowest BCUT2D eigenvalue weighted by molar-refractivity contribution is -0.116. The van der Waals surface area contributed by atoms with Crippen LogP contribution in [0.15, 0.2) is 66.7 Å². The van der Waals surface area contributed by atoms with Crippen LogP contribution in [-0.2, 0) is 4.79 Å². The summed E-state index contributed by atoms with van der Waals surface area (Å²) in [5.74, 6) is -0.211. The maximum absolute atomic E-state index is 12.7. The lowest BCUT2D eigenvalue weighted by atomic mass is 10.2. The molecule has 1 fully saturated rings. The standard InChI is InChI=1S/C26H24N4O2S/c1-17-3-10-21(11-4-17)30-14-13-29(26(30)32)16-24(31)27-20-8-6-19(7-9-20)25-28-22-12-5-18(2)15-23(22)33-25/h3-12,15H,13-14,16H2,1-2H3,(H,27,31). The first kappa shape index (κ1) is 21.2. The maximum Gasteiger partial charge on any atom is 0.325 e. The summed E-state index contributed by atoms with van der Waals surface area (Å²) in [6, 6.07) is 21.6. The van der Waals surface area contributed by atoms with Gasteiger partial charge in [-0.1, -0.05) is 23.8 Å². The minimum absolute atomic E-state index is 0.0279. The van der Waals surface area contributed by atoms with Gasteiger partial charge in [-0.05, 0) is 67.9 Å². The summed E-state index contributed by atoms with van der Waals surface area (Å²) in [4.78, 5) is 33.3. The second-order valence-corrected chi connectivity index (χ2v) is 9.34. The number of nitrogens with zero attached hydrogens (tertiary/aromatic N) is 3. The first-order valence-corrected chi connectivity index (χ1v) is 11.7. The van der Waals surface area contributed by atoms with Crippen LogP contribution in [0.3, 0.4) is 0 Å². The fourth-order valence-corrected chi connectivity index (χ4v) is 4.99. The molecule has 6 nitrogen and oxygen atoms in total. The number of hydrogen-bond acceptors (Lipinski definition) is 4. The first-order chi connectivity index (χ1) is 16.0. The van der Waals surface area contributed by atoms with Gasteiger partial charge >= 0.3 is 6.03 Å². The Labute approximate surface area is 196 Å². The molecule has 7 heteroatoms. The van der Waals surface area contributed by atoms with Crippen molar-refractivity contribution >= 4 is 44.9 Å². The van der Waals surface area contributed by atoms with Gasteiger partial charge in [-0.3, -0.25) is 9.69 Å². The van der Waals surface area contributed by atoms with Crippen molar-refractivity contribution in [1.29, 1.82) is 0 Å². The summed E-state index contributed by atoms with van der Waals surface area (Å²) >= 11 is 1.66. The van der Waals surface area contributed by atoms with Gasteiger partial charge in [-0.25, -0.2) is 9.78 Å². The summed E-state index contributed by atoms with van der Waals surface area (Å²) in [6.45, 7) is 5.21. The molecule has 1 saturated heterocycles. The Bertz CT molecular complexity index is 1330. The predicted octanol–water partition coefficient (Wildman–Crippen LogP) is 5.46. The van der Waals surface area contributed by atoms with Crippen molar-refractivity contribution in [3.05, 3.63) is 77.9 Å². The first-order valence-electron chi connectivity index (χ1n) is 10.9. The number of carbonyl (C=O) groups excluding carboxylic acids is 2. The van der Waals surface area contributed by atoms with E-state index in [0.717, 1.165) is 32.0 Å². The highest BCUT2D eigenvalue weighted by molar-refractivity contribution is 7.21. The van der Waals surface area contributed by atoms with E-state index in [4.69, 9.17) is 4.98 Å². The number of carbonyl (C=O) groups is 2. The molecule has 3 aromatic carbocycles. The third kappa shape index (κ3) is 4.45. The molecule has 0 radical (unpaired) electrons. The number of aryl methyl sites for hydroxylation is 2. The van der Waals surface area contributed by atoms with Crippen molar-refractivity contribution in [2.75, 3.05) is 29.9 Å². The number of anilines is 2. The predicted molar refractivity (Wildman–Crippen MR) is 134 cm³/mol. The molecule has 166 valence electrons. The van der Waals surface area contributed by atoms with Crippen LogP contribution in [0.5, 0.6) is 0 Å². The summed E-state index contributed by atoms with van der Waals surface area (Å²) in [5, 5.41) is 3.85. The summed E-state index contributed by atoms with van der Waals surface area (Å²) in [7, 11) is 0. The largest absolute Gasteiger partial charge is 0.325 e. The Hall–Kier alpha value is -3.71. The molecule has 33 heavy (non-hydrogen) atoms. The van der Waals surface area contributed by atoms with Gasteiger partial charge in [0, 0.05) is 30.0 Å². The summed E-state index contributed by atoms with van der Waals surface area (Å²) < 4.78 is 1.16. The monoisotopic (exact) mass is 456 g/mol. The van der Waals surface area contributed by atoms with Crippen LogP contribution < -0.4 is 10.2 Å². The Morgan fingerprint density at radius 1 is 0.970 bits per heavy atom. The topological polar surface area (TPSA) is 65.5 Å². The fourth-order valence-electron chi connectivity index (χ4n) is 3.92. The van der Waals surface area contributed by atoms with Gasteiger partial charge < -0.3 is 10.2 Å². The Morgan fingerprint density at radius 3 is 2.45 bits per heavy atom. The lowest BCUT2D eigenvalue weighted by Gasteiger charge is -2.18. The van der Waals surface area contributed by atoms with Gasteiger partial charge in [-0.15, -0.1) is 11.3 Å². The van der Waals surface area contributed by atoms with E-state index >= 15 is 0 Å². The molecule has 4 aromatic rings. The van der Waals surface area contributed by atoms with E-state index in [1.807, 2.05) is 61.5 Å². The second-order valence-electron chi connectivity index (χ2n) is 8.31. The number of aromatic nitrogens is 1. The minimum atomic E-state index is -0.211. The number of thiazole rings is 1. The molecule has 0 aliphatic carbocycles. The van der Waals surface area contributed by atoms with Gasteiger partial charge in [0.15, 0.2) is 0 Å². The van der Waals surface area contributed by atoms with Crippen LogP contribution in [0.2, 0.25) is 0 Å². The van der Waals surface area contributed by atoms with Crippen molar-refractivity contribution in [1.82, 2.24) is 9.88 Å². The molecule has 5 rings (SSSR count). The van der Waals surface area contributed by atoms with Gasteiger partial charge in [0.25, 0.3) is 0 Å². The van der Waals surface area contributed by atoms with E-state index in [0.29, 0.717) is 18.8 Å². The number of fused-ring (bicyclic) bond motifs is 1. The molecule has 0 saturated carbocycles. The highest BCUT2D eigenvalue weighted by atomic mass is 32.1. The Balaban J connectivity index is 1.21. The zero-order valence-corrected chi connectivity index (χ0v) is 19.4. The van der Waals surface area contributed by atoms with Crippen molar-refractivity contribution < 1.29 is 9.59 Å². The molecule has 0 bridgehead atoms. The SMILES string of the molecule is Cc1ccc(N2CCN(CC(=O)Nc3ccc(-c4nc5ccc(C)cc5s4)cc3)C2=O)cc1. The van der Waals surface area contributed by atoms with Gasteiger partial charge in [-0.2, -0.15) is 0 Å².